The number of nitrogens with zero attached hydrogens (tertiary/aromatic N) is 3. The van der Waals surface area contributed by atoms with Crippen molar-refractivity contribution < 1.29 is 20.1 Å². The van der Waals surface area contributed by atoms with E-state index in [9.17, 15) is 15.0 Å². The van der Waals surface area contributed by atoms with Crippen LogP contribution in [0.4, 0.5) is 0 Å². The van der Waals surface area contributed by atoms with Crippen molar-refractivity contribution in [1.82, 2.24) is 20.0 Å². The number of fused-ring (bicyclic) bond motifs is 1. The predicted molar refractivity (Wildman–Crippen MR) is 104 cm³/mol. The van der Waals surface area contributed by atoms with Crippen molar-refractivity contribution in [2.45, 2.75) is 50.0 Å². The van der Waals surface area contributed by atoms with Crippen LogP contribution in [0.2, 0.25) is 0 Å². The van der Waals surface area contributed by atoms with E-state index in [-0.39, 0.29) is 12.5 Å². The van der Waals surface area contributed by atoms with E-state index in [1.165, 1.54) is 5.56 Å². The maximum absolute atomic E-state index is 10.9. The van der Waals surface area contributed by atoms with Crippen molar-refractivity contribution in [1.29, 1.82) is 0 Å². The smallest absolute Gasteiger partial charge is 0.317 e. The number of aryl methyl sites for hydroxylation is 1. The molecule has 2 aliphatic heterocycles. The number of aliphatic hydroxyl groups excluding tert-OH is 2. The molecule has 0 amide bonds. The molecular weight excluding hydrogens is 360 g/mol. The fourth-order valence-corrected chi connectivity index (χ4v) is 4.62. The number of benzene rings is 1. The first-order valence-corrected chi connectivity index (χ1v) is 9.95. The standard InChI is InChI=1S/C20H28N4O4/c1-23-16-10-13(12-6-8-24(9-7-12)11-18(26)27)2-3-14(16)19(22-23)15-4-5-17(25)21-20(15)28/h2-3,10,12,15,17,20-21,25,28H,4-9,11H2,1H3,(H,26,27). The molecule has 3 heterocycles. The Labute approximate surface area is 163 Å². The number of aliphatic carboxylic acids is 1. The van der Waals surface area contributed by atoms with Gasteiger partial charge in [-0.3, -0.25) is 19.7 Å². The van der Waals surface area contributed by atoms with E-state index < -0.39 is 18.4 Å². The number of piperidine rings is 2. The fourth-order valence-electron chi connectivity index (χ4n) is 4.62. The second-order valence-corrected chi connectivity index (χ2v) is 8.04. The average molecular weight is 388 g/mol. The van der Waals surface area contributed by atoms with Crippen molar-refractivity contribution in [3.05, 3.63) is 29.5 Å². The number of carboxylic acid groups (broad SMARTS) is 1. The van der Waals surface area contributed by atoms with Gasteiger partial charge in [0, 0.05) is 18.4 Å². The maximum Gasteiger partial charge on any atom is 0.317 e. The average Bonchev–Trinajstić information content (AvgIpc) is 2.98. The summed E-state index contributed by atoms with van der Waals surface area (Å²) in [6.07, 6.45) is 1.71. The molecule has 2 aliphatic rings. The minimum Gasteiger partial charge on any atom is -0.480 e. The first kappa shape index (κ1) is 19.3. The Morgan fingerprint density at radius 2 is 1.96 bits per heavy atom. The van der Waals surface area contributed by atoms with Crippen LogP contribution in [0.25, 0.3) is 10.9 Å². The van der Waals surface area contributed by atoms with Gasteiger partial charge < -0.3 is 15.3 Å². The van der Waals surface area contributed by atoms with Gasteiger partial charge in [-0.15, -0.1) is 0 Å². The molecule has 2 saturated heterocycles. The molecule has 3 atom stereocenters. The minimum atomic E-state index is -0.805. The first-order chi connectivity index (χ1) is 13.4. The number of aliphatic hydroxyl groups is 2. The molecular formula is C20H28N4O4. The summed E-state index contributed by atoms with van der Waals surface area (Å²) in [5, 5.41) is 37.5. The van der Waals surface area contributed by atoms with Crippen LogP contribution in [0.15, 0.2) is 18.2 Å². The molecule has 28 heavy (non-hydrogen) atoms. The minimum absolute atomic E-state index is 0.114. The van der Waals surface area contributed by atoms with Gasteiger partial charge in [-0.05, 0) is 56.3 Å². The number of rotatable bonds is 4. The van der Waals surface area contributed by atoms with E-state index in [2.05, 4.69) is 28.6 Å². The van der Waals surface area contributed by atoms with Crippen LogP contribution >= 0.6 is 0 Å². The topological polar surface area (TPSA) is 111 Å². The third-order valence-corrected chi connectivity index (χ3v) is 6.17. The molecule has 8 nitrogen and oxygen atoms in total. The second-order valence-electron chi connectivity index (χ2n) is 8.04. The number of carboxylic acids is 1. The molecule has 1 aromatic heterocycles. The predicted octanol–water partition coefficient (Wildman–Crippen LogP) is 0.941. The van der Waals surface area contributed by atoms with Gasteiger partial charge in [-0.2, -0.15) is 5.10 Å². The highest BCUT2D eigenvalue weighted by molar-refractivity contribution is 5.83. The molecule has 8 heteroatoms. The van der Waals surface area contributed by atoms with Crippen LogP contribution in [0.5, 0.6) is 0 Å². The molecule has 0 radical (unpaired) electrons. The summed E-state index contributed by atoms with van der Waals surface area (Å²) in [4.78, 5) is 12.9. The second kappa shape index (κ2) is 7.79. The molecule has 2 fully saturated rings. The van der Waals surface area contributed by atoms with E-state index in [0.29, 0.717) is 18.8 Å². The Morgan fingerprint density at radius 1 is 1.21 bits per heavy atom. The zero-order valence-corrected chi connectivity index (χ0v) is 16.1. The number of carbonyl (C=O) groups is 1. The number of likely N-dealkylation sites (tertiary alicyclic amines) is 1. The SMILES string of the molecule is Cn1nc(C2CCC(O)NC2O)c2ccc(C3CCN(CC(=O)O)CC3)cc21. The molecule has 0 bridgehead atoms. The summed E-state index contributed by atoms with van der Waals surface area (Å²) in [7, 11) is 1.92. The van der Waals surface area contributed by atoms with Gasteiger partial charge in [0.1, 0.15) is 12.5 Å². The maximum atomic E-state index is 10.9. The van der Waals surface area contributed by atoms with E-state index in [1.807, 2.05) is 16.6 Å². The highest BCUT2D eigenvalue weighted by Crippen LogP contribution is 2.35. The zero-order chi connectivity index (χ0) is 19.8. The van der Waals surface area contributed by atoms with Crippen LogP contribution < -0.4 is 5.32 Å². The van der Waals surface area contributed by atoms with Crippen molar-refractivity contribution in [2.75, 3.05) is 19.6 Å². The lowest BCUT2D eigenvalue weighted by Crippen LogP contribution is -2.46. The van der Waals surface area contributed by atoms with E-state index in [1.54, 1.807) is 0 Å². The highest BCUT2D eigenvalue weighted by atomic mass is 16.4. The van der Waals surface area contributed by atoms with E-state index in [4.69, 9.17) is 5.11 Å². The number of nitrogens with one attached hydrogen (secondary N) is 1. The number of hydrogen-bond donors (Lipinski definition) is 4. The Hall–Kier alpha value is -2.00. The van der Waals surface area contributed by atoms with E-state index >= 15 is 0 Å². The quantitative estimate of drug-likeness (QED) is 0.617. The lowest BCUT2D eigenvalue weighted by molar-refractivity contribution is -0.138. The lowest BCUT2D eigenvalue weighted by Gasteiger charge is -2.31. The van der Waals surface area contributed by atoms with Gasteiger partial charge in [-0.1, -0.05) is 12.1 Å². The summed E-state index contributed by atoms with van der Waals surface area (Å²) < 4.78 is 1.87. The molecule has 4 N–H and O–H groups in total. The van der Waals surface area contributed by atoms with Crippen LogP contribution in [-0.2, 0) is 11.8 Å². The fraction of sp³-hybridized carbons (Fsp3) is 0.600. The summed E-state index contributed by atoms with van der Waals surface area (Å²) in [6.45, 7) is 1.71. The number of hydrogen-bond acceptors (Lipinski definition) is 6. The number of aromatic nitrogens is 2. The Kier molecular flexibility index (Phi) is 5.37. The Bertz CT molecular complexity index is 859. The van der Waals surface area contributed by atoms with Crippen molar-refractivity contribution in [2.24, 2.45) is 7.05 Å². The van der Waals surface area contributed by atoms with Gasteiger partial charge in [-0.25, -0.2) is 0 Å². The third-order valence-electron chi connectivity index (χ3n) is 6.17. The molecule has 3 unspecified atom stereocenters. The highest BCUT2D eigenvalue weighted by Gasteiger charge is 2.32. The van der Waals surface area contributed by atoms with Gasteiger partial charge in [0.05, 0.1) is 17.8 Å². The van der Waals surface area contributed by atoms with Crippen molar-refractivity contribution in [3.8, 4) is 0 Å². The zero-order valence-electron chi connectivity index (χ0n) is 16.1. The molecule has 0 saturated carbocycles. The van der Waals surface area contributed by atoms with Crippen LogP contribution in [-0.4, -0.2) is 68.1 Å². The van der Waals surface area contributed by atoms with Crippen LogP contribution in [0.1, 0.15) is 48.8 Å². The summed E-state index contributed by atoms with van der Waals surface area (Å²) >= 11 is 0. The molecule has 2 aromatic rings. The van der Waals surface area contributed by atoms with Crippen molar-refractivity contribution >= 4 is 16.9 Å². The molecule has 0 spiro atoms. The largest absolute Gasteiger partial charge is 0.480 e. The third kappa shape index (κ3) is 3.77. The van der Waals surface area contributed by atoms with Gasteiger partial charge >= 0.3 is 5.97 Å². The summed E-state index contributed by atoms with van der Waals surface area (Å²) in [5.74, 6) is -0.490. The molecule has 4 rings (SSSR count). The lowest BCUT2D eigenvalue weighted by atomic mass is 9.87. The van der Waals surface area contributed by atoms with Crippen LogP contribution in [0.3, 0.4) is 0 Å². The monoisotopic (exact) mass is 388 g/mol. The molecule has 152 valence electrons. The van der Waals surface area contributed by atoms with Crippen molar-refractivity contribution in [3.63, 3.8) is 0 Å². The summed E-state index contributed by atoms with van der Waals surface area (Å²) in [6, 6.07) is 6.41. The molecule has 1 aromatic carbocycles. The summed E-state index contributed by atoms with van der Waals surface area (Å²) in [5.41, 5.74) is 3.17. The van der Waals surface area contributed by atoms with E-state index in [0.717, 1.165) is 42.5 Å². The van der Waals surface area contributed by atoms with Gasteiger partial charge in [0.15, 0.2) is 0 Å². The normalized spacial score (nSPS) is 27.3. The Morgan fingerprint density at radius 3 is 2.64 bits per heavy atom. The van der Waals surface area contributed by atoms with Crippen LogP contribution in [0, 0.1) is 0 Å². The van der Waals surface area contributed by atoms with Gasteiger partial charge in [0.25, 0.3) is 0 Å². The molecule has 0 aliphatic carbocycles. The first-order valence-electron chi connectivity index (χ1n) is 9.95. The van der Waals surface area contributed by atoms with Gasteiger partial charge in [0.2, 0.25) is 0 Å². The Balaban J connectivity index is 1.54.